The van der Waals surface area contributed by atoms with E-state index in [1.54, 1.807) is 29.2 Å². The number of alkyl halides is 3. The van der Waals surface area contributed by atoms with E-state index in [0.29, 0.717) is 43.3 Å². The number of carbonyl (C=O) groups excluding carboxylic acids is 1. The number of halogens is 3. The number of likely N-dealkylation sites (tertiary alicyclic amines) is 1. The number of rotatable bonds is 4. The fraction of sp³-hybridized carbons (Fsp3) is 0.429. The van der Waals surface area contributed by atoms with Crippen LogP contribution >= 0.6 is 0 Å². The Kier molecular flexibility index (Phi) is 5.89. The van der Waals surface area contributed by atoms with Gasteiger partial charge in [-0.05, 0) is 42.7 Å². The second-order valence-electron chi connectivity index (χ2n) is 7.77. The lowest BCUT2D eigenvalue weighted by Gasteiger charge is -2.36. The first-order valence-electron chi connectivity index (χ1n) is 9.81. The predicted octanol–water partition coefficient (Wildman–Crippen LogP) is 2.73. The highest BCUT2D eigenvalue weighted by molar-refractivity contribution is 7.85. The molecule has 0 radical (unpaired) electrons. The number of nitrogens with zero attached hydrogens (tertiary/aromatic N) is 2. The molecule has 1 aromatic carbocycles. The summed E-state index contributed by atoms with van der Waals surface area (Å²) in [5, 5.41) is 10.1. The van der Waals surface area contributed by atoms with E-state index in [2.05, 4.69) is 4.98 Å². The summed E-state index contributed by atoms with van der Waals surface area (Å²) in [6.07, 6.45) is -2.85. The summed E-state index contributed by atoms with van der Waals surface area (Å²) in [6.45, 7) is 1.27. The summed E-state index contributed by atoms with van der Waals surface area (Å²) in [7, 11) is -1.54. The topological polar surface area (TPSA) is 79.7 Å². The molecule has 0 bridgehead atoms. The van der Waals surface area contributed by atoms with Crippen molar-refractivity contribution >= 4 is 16.7 Å². The van der Waals surface area contributed by atoms with E-state index in [4.69, 9.17) is 4.74 Å². The number of benzene rings is 1. The van der Waals surface area contributed by atoms with Crippen LogP contribution in [0, 0.1) is 0 Å². The van der Waals surface area contributed by atoms with Crippen LogP contribution in [-0.4, -0.2) is 56.7 Å². The van der Waals surface area contributed by atoms with Crippen LogP contribution in [-0.2, 0) is 27.3 Å². The molecule has 166 valence electrons. The molecule has 1 atom stereocenters. The lowest BCUT2D eigenvalue weighted by molar-refractivity contribution is -0.184. The lowest BCUT2D eigenvalue weighted by Crippen LogP contribution is -2.46. The maximum atomic E-state index is 12.8. The first kappa shape index (κ1) is 21.9. The van der Waals surface area contributed by atoms with E-state index >= 15 is 0 Å². The second-order valence-corrected chi connectivity index (χ2v) is 9.45. The molecule has 6 nitrogen and oxygen atoms in total. The van der Waals surface area contributed by atoms with Gasteiger partial charge in [-0.3, -0.25) is 9.00 Å². The van der Waals surface area contributed by atoms with Crippen LogP contribution < -0.4 is 0 Å². The highest BCUT2D eigenvalue weighted by Gasteiger charge is 2.38. The normalized spacial score (nSPS) is 20.2. The lowest BCUT2D eigenvalue weighted by atomic mass is 9.91. The van der Waals surface area contributed by atoms with Gasteiger partial charge in [-0.1, -0.05) is 12.1 Å². The highest BCUT2D eigenvalue weighted by atomic mass is 32.2. The van der Waals surface area contributed by atoms with Crippen LogP contribution in [0.25, 0.3) is 0 Å². The summed E-state index contributed by atoms with van der Waals surface area (Å²) in [6, 6.07) is 8.81. The third-order valence-corrected chi connectivity index (χ3v) is 7.38. The average molecular weight is 454 g/mol. The third kappa shape index (κ3) is 4.51. The molecular weight excluding hydrogens is 433 g/mol. The van der Waals surface area contributed by atoms with Gasteiger partial charge in [-0.2, -0.15) is 13.2 Å². The quantitative estimate of drug-likeness (QED) is 0.769. The smallest absolute Gasteiger partial charge is 0.380 e. The van der Waals surface area contributed by atoms with Crippen LogP contribution in [0.1, 0.15) is 34.3 Å². The van der Waals surface area contributed by atoms with Crippen molar-refractivity contribution in [1.29, 1.82) is 0 Å². The molecule has 1 amide bonds. The van der Waals surface area contributed by atoms with Gasteiger partial charge in [-0.15, -0.1) is 0 Å². The Balaban J connectivity index is 1.34. The molecule has 1 N–H and O–H groups in total. The van der Waals surface area contributed by atoms with Gasteiger partial charge in [0.2, 0.25) is 0 Å². The van der Waals surface area contributed by atoms with Crippen LogP contribution in [0.2, 0.25) is 0 Å². The van der Waals surface area contributed by atoms with Gasteiger partial charge in [-0.25, -0.2) is 4.98 Å². The summed E-state index contributed by atoms with van der Waals surface area (Å²) < 4.78 is 55.7. The minimum Gasteiger partial charge on any atom is -0.380 e. The molecule has 1 aromatic heterocycles. The molecule has 1 unspecified atom stereocenters. The molecule has 2 saturated heterocycles. The Hall–Kier alpha value is -2.30. The number of carbonyl (C=O) groups is 1. The SMILES string of the molecule is O=C(c1ccc(C2(O)COC2)cc1)N1CCC(S(=O)c2ccc(C(F)(F)F)cn2)CC1. The summed E-state index contributed by atoms with van der Waals surface area (Å²) in [5.41, 5.74) is -0.669. The molecule has 0 saturated carbocycles. The Bertz CT molecular complexity index is 968. The van der Waals surface area contributed by atoms with Crippen molar-refractivity contribution in [2.45, 2.75) is 34.9 Å². The molecular formula is C21H21F3N2O4S. The van der Waals surface area contributed by atoms with E-state index in [1.807, 2.05) is 0 Å². The number of ether oxygens (including phenoxy) is 1. The minimum absolute atomic E-state index is 0.117. The molecule has 2 aliphatic heterocycles. The molecule has 2 aliphatic rings. The molecule has 2 fully saturated rings. The molecule has 0 aliphatic carbocycles. The Labute approximate surface area is 179 Å². The first-order valence-corrected chi connectivity index (χ1v) is 11.0. The Morgan fingerprint density at radius 3 is 2.26 bits per heavy atom. The van der Waals surface area contributed by atoms with Crippen molar-refractivity contribution < 1.29 is 32.0 Å². The fourth-order valence-electron chi connectivity index (χ4n) is 3.68. The Morgan fingerprint density at radius 1 is 1.13 bits per heavy atom. The van der Waals surface area contributed by atoms with Crippen molar-refractivity contribution in [1.82, 2.24) is 9.88 Å². The van der Waals surface area contributed by atoms with Crippen LogP contribution in [0.5, 0.6) is 0 Å². The standard InChI is InChI=1S/C21H21F3N2O4S/c22-21(23,24)16-5-6-18(25-11-16)31(29)17-7-9-26(10-8-17)19(27)14-1-3-15(4-2-14)20(28)12-30-13-20/h1-6,11,17,28H,7-10,12-13H2. The number of aliphatic hydroxyl groups is 1. The van der Waals surface area contributed by atoms with Gasteiger partial charge in [0.1, 0.15) is 10.6 Å². The van der Waals surface area contributed by atoms with Gasteiger partial charge < -0.3 is 14.7 Å². The van der Waals surface area contributed by atoms with Gasteiger partial charge in [0.15, 0.2) is 0 Å². The summed E-state index contributed by atoms with van der Waals surface area (Å²) >= 11 is 0. The molecule has 4 rings (SSSR count). The molecule has 0 spiro atoms. The van der Waals surface area contributed by atoms with E-state index in [9.17, 15) is 27.3 Å². The van der Waals surface area contributed by atoms with Crippen molar-refractivity contribution in [2.75, 3.05) is 26.3 Å². The van der Waals surface area contributed by atoms with Gasteiger partial charge >= 0.3 is 6.18 Å². The van der Waals surface area contributed by atoms with Gasteiger partial charge in [0.25, 0.3) is 5.91 Å². The molecule has 31 heavy (non-hydrogen) atoms. The zero-order valence-corrected chi connectivity index (χ0v) is 17.3. The first-order chi connectivity index (χ1) is 14.7. The monoisotopic (exact) mass is 454 g/mol. The minimum atomic E-state index is -4.49. The average Bonchev–Trinajstić information content (AvgIpc) is 2.76. The second kappa shape index (κ2) is 8.33. The summed E-state index contributed by atoms with van der Waals surface area (Å²) in [4.78, 5) is 18.2. The van der Waals surface area contributed by atoms with Gasteiger partial charge in [0.05, 0.1) is 29.6 Å². The number of aromatic nitrogens is 1. The van der Waals surface area contributed by atoms with Crippen LogP contribution in [0.15, 0.2) is 47.6 Å². The zero-order valence-electron chi connectivity index (χ0n) is 16.5. The number of hydrogen-bond acceptors (Lipinski definition) is 5. The fourth-order valence-corrected chi connectivity index (χ4v) is 5.02. The van der Waals surface area contributed by atoms with Crippen LogP contribution in [0.3, 0.4) is 0 Å². The number of piperidine rings is 1. The van der Waals surface area contributed by atoms with E-state index < -0.39 is 28.1 Å². The van der Waals surface area contributed by atoms with Crippen molar-refractivity contribution in [2.24, 2.45) is 0 Å². The maximum absolute atomic E-state index is 12.8. The summed E-state index contributed by atoms with van der Waals surface area (Å²) in [5.74, 6) is -0.153. The van der Waals surface area contributed by atoms with E-state index in [1.165, 1.54) is 0 Å². The molecule has 10 heteroatoms. The Morgan fingerprint density at radius 2 is 1.77 bits per heavy atom. The number of amides is 1. The van der Waals surface area contributed by atoms with E-state index in [0.717, 1.165) is 12.1 Å². The molecule has 3 heterocycles. The highest BCUT2D eigenvalue weighted by Crippen LogP contribution is 2.31. The largest absolute Gasteiger partial charge is 0.417 e. The number of hydrogen-bond donors (Lipinski definition) is 1. The van der Waals surface area contributed by atoms with Crippen molar-refractivity contribution in [3.8, 4) is 0 Å². The van der Waals surface area contributed by atoms with Crippen molar-refractivity contribution in [3.05, 3.63) is 59.3 Å². The van der Waals surface area contributed by atoms with Crippen LogP contribution in [0.4, 0.5) is 13.2 Å². The van der Waals surface area contributed by atoms with Gasteiger partial charge in [0, 0.05) is 30.1 Å². The zero-order chi connectivity index (χ0) is 22.2. The van der Waals surface area contributed by atoms with E-state index in [-0.39, 0.29) is 29.4 Å². The number of pyridine rings is 1. The van der Waals surface area contributed by atoms with Crippen molar-refractivity contribution in [3.63, 3.8) is 0 Å². The third-order valence-electron chi connectivity index (χ3n) is 5.65. The predicted molar refractivity (Wildman–Crippen MR) is 106 cm³/mol. The molecule has 2 aromatic rings. The maximum Gasteiger partial charge on any atom is 0.417 e.